The summed E-state index contributed by atoms with van der Waals surface area (Å²) < 4.78 is 25.7. The number of hydrogen-bond acceptors (Lipinski definition) is 4. The van der Waals surface area contributed by atoms with Crippen molar-refractivity contribution in [2.45, 2.75) is 32.9 Å². The van der Waals surface area contributed by atoms with E-state index in [-0.39, 0.29) is 12.3 Å². The predicted octanol–water partition coefficient (Wildman–Crippen LogP) is 0.217. The first-order valence-corrected chi connectivity index (χ1v) is 7.33. The highest BCUT2D eigenvalue weighted by molar-refractivity contribution is 7.89. The van der Waals surface area contributed by atoms with Gasteiger partial charge in [-0.25, -0.2) is 13.1 Å². The largest absolute Gasteiger partial charge is 0.314 e. The van der Waals surface area contributed by atoms with Crippen molar-refractivity contribution >= 4 is 10.0 Å². The van der Waals surface area contributed by atoms with Crippen molar-refractivity contribution in [3.63, 3.8) is 0 Å². The third kappa shape index (κ3) is 6.40. The number of aromatic amines is 1. The molecule has 1 aromatic heterocycles. The van der Waals surface area contributed by atoms with E-state index in [0.29, 0.717) is 19.0 Å². The molecule has 0 bridgehead atoms. The Morgan fingerprint density at radius 3 is 2.82 bits per heavy atom. The van der Waals surface area contributed by atoms with Gasteiger partial charge in [-0.05, 0) is 13.0 Å². The number of nitrogens with one attached hydrogen (secondary N) is 3. The Morgan fingerprint density at radius 2 is 2.24 bits per heavy atom. The molecule has 0 aliphatic rings. The monoisotopic (exact) mass is 260 g/mol. The van der Waals surface area contributed by atoms with Gasteiger partial charge in [0.05, 0.1) is 11.9 Å². The molecule has 1 aromatic rings. The molecule has 0 unspecified atom stereocenters. The summed E-state index contributed by atoms with van der Waals surface area (Å²) in [5.74, 6) is 0.143. The number of aromatic nitrogens is 2. The minimum absolute atomic E-state index is 0.143. The van der Waals surface area contributed by atoms with Gasteiger partial charge >= 0.3 is 0 Å². The standard InChI is InChI=1S/C10H20N4O2S/c1-9(2)11-4-3-5-17(15,16)14-8-10-6-12-13-7-10/h6-7,9,11,14H,3-5,8H2,1-2H3,(H,12,13). The summed E-state index contributed by atoms with van der Waals surface area (Å²) in [6, 6.07) is 0.386. The average Bonchev–Trinajstić information content (AvgIpc) is 2.74. The van der Waals surface area contributed by atoms with E-state index in [4.69, 9.17) is 0 Å². The molecule has 0 spiro atoms. The van der Waals surface area contributed by atoms with Crippen molar-refractivity contribution < 1.29 is 8.42 Å². The van der Waals surface area contributed by atoms with Gasteiger partial charge < -0.3 is 5.32 Å². The molecule has 1 rings (SSSR count). The minimum atomic E-state index is -3.19. The van der Waals surface area contributed by atoms with Crippen LogP contribution in [0.2, 0.25) is 0 Å². The predicted molar refractivity (Wildman–Crippen MR) is 67.0 cm³/mol. The summed E-state index contributed by atoms with van der Waals surface area (Å²) in [7, 11) is -3.19. The molecule has 0 saturated heterocycles. The molecule has 3 N–H and O–H groups in total. The van der Waals surface area contributed by atoms with E-state index >= 15 is 0 Å². The van der Waals surface area contributed by atoms with Crippen molar-refractivity contribution in [2.24, 2.45) is 0 Å². The molecule has 7 heteroatoms. The van der Waals surface area contributed by atoms with Gasteiger partial charge in [0.2, 0.25) is 10.0 Å². The molecule has 6 nitrogen and oxygen atoms in total. The topological polar surface area (TPSA) is 86.9 Å². The van der Waals surface area contributed by atoms with Gasteiger partial charge in [0, 0.05) is 24.3 Å². The van der Waals surface area contributed by atoms with Crippen molar-refractivity contribution in [2.75, 3.05) is 12.3 Å². The second-order valence-electron chi connectivity index (χ2n) is 4.21. The summed E-state index contributed by atoms with van der Waals surface area (Å²) in [4.78, 5) is 0. The molecule has 0 amide bonds. The van der Waals surface area contributed by atoms with Crippen LogP contribution in [0.3, 0.4) is 0 Å². The summed E-state index contributed by atoms with van der Waals surface area (Å²) in [5.41, 5.74) is 0.828. The average molecular weight is 260 g/mol. The van der Waals surface area contributed by atoms with Gasteiger partial charge in [-0.1, -0.05) is 13.8 Å². The van der Waals surface area contributed by atoms with Crippen molar-refractivity contribution in [3.8, 4) is 0 Å². The third-order valence-corrected chi connectivity index (χ3v) is 3.60. The van der Waals surface area contributed by atoms with Crippen LogP contribution in [-0.2, 0) is 16.6 Å². The highest BCUT2D eigenvalue weighted by Crippen LogP contribution is 1.96. The van der Waals surface area contributed by atoms with E-state index in [1.54, 1.807) is 12.4 Å². The Hall–Kier alpha value is -0.920. The van der Waals surface area contributed by atoms with Gasteiger partial charge in [0.15, 0.2) is 0 Å². The normalized spacial score (nSPS) is 12.2. The van der Waals surface area contributed by atoms with Gasteiger partial charge in [0.25, 0.3) is 0 Å². The fourth-order valence-electron chi connectivity index (χ4n) is 1.29. The van der Waals surface area contributed by atoms with E-state index in [1.807, 2.05) is 13.8 Å². The van der Waals surface area contributed by atoms with Crippen LogP contribution in [-0.4, -0.2) is 37.0 Å². The lowest BCUT2D eigenvalue weighted by molar-refractivity contribution is 0.561. The minimum Gasteiger partial charge on any atom is -0.314 e. The summed E-state index contributed by atoms with van der Waals surface area (Å²) in [6.45, 7) is 5.07. The zero-order valence-corrected chi connectivity index (χ0v) is 11.0. The van der Waals surface area contributed by atoms with Crippen LogP contribution in [0.1, 0.15) is 25.8 Å². The van der Waals surface area contributed by atoms with Gasteiger partial charge in [-0.3, -0.25) is 5.10 Å². The summed E-state index contributed by atoms with van der Waals surface area (Å²) in [5, 5.41) is 9.56. The first-order valence-electron chi connectivity index (χ1n) is 5.68. The van der Waals surface area contributed by atoms with Crippen molar-refractivity contribution in [1.82, 2.24) is 20.2 Å². The van der Waals surface area contributed by atoms with Gasteiger partial charge in [0.1, 0.15) is 0 Å². The SMILES string of the molecule is CC(C)NCCCS(=O)(=O)NCc1cn[nH]c1. The molecule has 98 valence electrons. The molecule has 1 heterocycles. The Bertz CT molecular complexity index is 400. The van der Waals surface area contributed by atoms with Crippen LogP contribution in [0.25, 0.3) is 0 Å². The maximum absolute atomic E-state index is 11.6. The maximum atomic E-state index is 11.6. The van der Waals surface area contributed by atoms with E-state index in [9.17, 15) is 8.42 Å². The first-order chi connectivity index (χ1) is 7.99. The fraction of sp³-hybridized carbons (Fsp3) is 0.700. The lowest BCUT2D eigenvalue weighted by Gasteiger charge is -2.08. The zero-order chi connectivity index (χ0) is 12.7. The van der Waals surface area contributed by atoms with Crippen LogP contribution in [0.5, 0.6) is 0 Å². The first kappa shape index (κ1) is 14.1. The van der Waals surface area contributed by atoms with E-state index < -0.39 is 10.0 Å². The van der Waals surface area contributed by atoms with Gasteiger partial charge in [-0.2, -0.15) is 5.10 Å². The second kappa shape index (κ2) is 6.73. The number of nitrogens with zero attached hydrogens (tertiary/aromatic N) is 1. The van der Waals surface area contributed by atoms with Crippen LogP contribution >= 0.6 is 0 Å². The van der Waals surface area contributed by atoms with Crippen LogP contribution in [0, 0.1) is 0 Å². The molecule has 0 fully saturated rings. The third-order valence-electron chi connectivity index (χ3n) is 2.19. The number of sulfonamides is 1. The van der Waals surface area contributed by atoms with Crippen LogP contribution < -0.4 is 10.0 Å². The molecule has 0 aliphatic carbocycles. The molecule has 0 atom stereocenters. The maximum Gasteiger partial charge on any atom is 0.211 e. The smallest absolute Gasteiger partial charge is 0.211 e. The lowest BCUT2D eigenvalue weighted by atomic mass is 10.4. The molecule has 0 aliphatic heterocycles. The Balaban J connectivity index is 2.22. The zero-order valence-electron chi connectivity index (χ0n) is 10.2. The molecule has 0 saturated carbocycles. The van der Waals surface area contributed by atoms with Crippen LogP contribution in [0.4, 0.5) is 0 Å². The number of hydrogen-bond donors (Lipinski definition) is 3. The highest BCUT2D eigenvalue weighted by Gasteiger charge is 2.09. The molecule has 0 radical (unpaired) electrons. The molecular weight excluding hydrogens is 240 g/mol. The van der Waals surface area contributed by atoms with E-state index in [2.05, 4.69) is 20.2 Å². The Morgan fingerprint density at radius 1 is 1.47 bits per heavy atom. The molecule has 0 aromatic carbocycles. The highest BCUT2D eigenvalue weighted by atomic mass is 32.2. The van der Waals surface area contributed by atoms with E-state index in [0.717, 1.165) is 5.56 Å². The van der Waals surface area contributed by atoms with Crippen molar-refractivity contribution in [3.05, 3.63) is 18.0 Å². The summed E-state index contributed by atoms with van der Waals surface area (Å²) >= 11 is 0. The quantitative estimate of drug-likeness (QED) is 0.583. The van der Waals surface area contributed by atoms with Crippen molar-refractivity contribution in [1.29, 1.82) is 0 Å². The van der Waals surface area contributed by atoms with E-state index in [1.165, 1.54) is 0 Å². The Kier molecular flexibility index (Phi) is 5.60. The number of rotatable bonds is 8. The summed E-state index contributed by atoms with van der Waals surface area (Å²) in [6.07, 6.45) is 3.88. The molecular formula is C10H20N4O2S. The van der Waals surface area contributed by atoms with Gasteiger partial charge in [-0.15, -0.1) is 0 Å². The lowest BCUT2D eigenvalue weighted by Crippen LogP contribution is -2.29. The molecule has 17 heavy (non-hydrogen) atoms. The second-order valence-corrected chi connectivity index (χ2v) is 6.14. The number of H-pyrrole nitrogens is 1. The fourth-order valence-corrected chi connectivity index (χ4v) is 2.35. The van der Waals surface area contributed by atoms with Crippen LogP contribution in [0.15, 0.2) is 12.4 Å². The Labute approximate surface area is 102 Å².